The molecule has 13 heavy (non-hydrogen) atoms. The molecule has 0 aliphatic carbocycles. The maximum Gasteiger partial charge on any atom is 0.293 e. The molecular formula is C7H12O6. The molecule has 0 amide bonds. The van der Waals surface area contributed by atoms with Crippen LogP contribution in [0.3, 0.4) is 0 Å². The van der Waals surface area contributed by atoms with Crippen molar-refractivity contribution >= 4 is 6.47 Å². The molecular weight excluding hydrogens is 180 g/mol. The first-order chi connectivity index (χ1) is 6.20. The fourth-order valence-corrected chi connectivity index (χ4v) is 1.18. The summed E-state index contributed by atoms with van der Waals surface area (Å²) in [5.74, 6) is 0. The highest BCUT2D eigenvalue weighted by Crippen LogP contribution is 2.21. The number of aliphatic hydroxyl groups is 2. The van der Waals surface area contributed by atoms with Crippen LogP contribution in [0, 0.1) is 0 Å². The normalized spacial score (nSPS) is 39.0. The molecule has 0 spiro atoms. The van der Waals surface area contributed by atoms with Gasteiger partial charge in [0.1, 0.15) is 24.9 Å². The molecule has 0 aromatic carbocycles. The van der Waals surface area contributed by atoms with Crippen LogP contribution in [0.15, 0.2) is 0 Å². The lowest BCUT2D eigenvalue weighted by atomic mass is 10.1. The van der Waals surface area contributed by atoms with E-state index in [1.165, 1.54) is 7.11 Å². The molecule has 1 saturated heterocycles. The number of aliphatic hydroxyl groups excluding tert-OH is 2. The van der Waals surface area contributed by atoms with Crippen molar-refractivity contribution in [1.29, 1.82) is 0 Å². The second kappa shape index (κ2) is 4.52. The SMILES string of the molecule is CO[C@H]1O[C@H](COC=O)[C@H](O)C1O. The topological polar surface area (TPSA) is 85.2 Å². The van der Waals surface area contributed by atoms with Crippen molar-refractivity contribution in [2.24, 2.45) is 0 Å². The summed E-state index contributed by atoms with van der Waals surface area (Å²) in [6.45, 7) is 0.157. The zero-order chi connectivity index (χ0) is 9.84. The van der Waals surface area contributed by atoms with Crippen LogP contribution in [0.4, 0.5) is 0 Å². The number of methoxy groups -OCH3 is 1. The highest BCUT2D eigenvalue weighted by atomic mass is 16.7. The van der Waals surface area contributed by atoms with Gasteiger partial charge in [-0.05, 0) is 0 Å². The molecule has 1 fully saturated rings. The summed E-state index contributed by atoms with van der Waals surface area (Å²) >= 11 is 0. The van der Waals surface area contributed by atoms with Gasteiger partial charge in [0.05, 0.1) is 0 Å². The second-order valence-electron chi connectivity index (χ2n) is 2.69. The zero-order valence-electron chi connectivity index (χ0n) is 7.12. The van der Waals surface area contributed by atoms with E-state index in [4.69, 9.17) is 9.47 Å². The first-order valence-electron chi connectivity index (χ1n) is 3.80. The Labute approximate surface area is 75.0 Å². The first-order valence-corrected chi connectivity index (χ1v) is 3.80. The smallest absolute Gasteiger partial charge is 0.293 e. The van der Waals surface area contributed by atoms with Crippen LogP contribution in [0.5, 0.6) is 0 Å². The van der Waals surface area contributed by atoms with E-state index >= 15 is 0 Å². The molecule has 0 bridgehead atoms. The van der Waals surface area contributed by atoms with Gasteiger partial charge in [0.25, 0.3) is 6.47 Å². The van der Waals surface area contributed by atoms with Crippen LogP contribution in [0.1, 0.15) is 0 Å². The summed E-state index contributed by atoms with van der Waals surface area (Å²) in [7, 11) is 1.35. The van der Waals surface area contributed by atoms with Gasteiger partial charge in [0.2, 0.25) is 0 Å². The Morgan fingerprint density at radius 3 is 2.62 bits per heavy atom. The van der Waals surface area contributed by atoms with Crippen molar-refractivity contribution in [3.63, 3.8) is 0 Å². The molecule has 0 aromatic heterocycles. The summed E-state index contributed by atoms with van der Waals surface area (Å²) in [4.78, 5) is 9.85. The Morgan fingerprint density at radius 2 is 2.15 bits per heavy atom. The van der Waals surface area contributed by atoms with Gasteiger partial charge in [0, 0.05) is 7.11 Å². The highest BCUT2D eigenvalue weighted by molar-refractivity contribution is 5.36. The lowest BCUT2D eigenvalue weighted by Crippen LogP contribution is -2.34. The second-order valence-corrected chi connectivity index (χ2v) is 2.69. The van der Waals surface area contributed by atoms with Crippen molar-refractivity contribution in [2.75, 3.05) is 13.7 Å². The summed E-state index contributed by atoms with van der Waals surface area (Å²) in [5.41, 5.74) is 0. The van der Waals surface area contributed by atoms with Gasteiger partial charge in [0.15, 0.2) is 6.29 Å². The number of hydrogen-bond acceptors (Lipinski definition) is 6. The minimum absolute atomic E-state index is 0.0956. The molecule has 6 nitrogen and oxygen atoms in total. The predicted molar refractivity (Wildman–Crippen MR) is 39.7 cm³/mol. The average Bonchev–Trinajstić information content (AvgIpc) is 2.41. The standard InChI is InChI=1S/C7H12O6/c1-11-7-6(10)5(9)4(13-7)2-12-3-8/h3-7,9-10H,2H2,1H3/t4-,5+,6?,7+/m1/s1. The van der Waals surface area contributed by atoms with Crippen LogP contribution >= 0.6 is 0 Å². The Balaban J connectivity index is 2.45. The van der Waals surface area contributed by atoms with Crippen LogP contribution in [-0.2, 0) is 19.0 Å². The van der Waals surface area contributed by atoms with Crippen LogP contribution in [0.2, 0.25) is 0 Å². The molecule has 6 heteroatoms. The summed E-state index contributed by atoms with van der Waals surface area (Å²) in [6, 6.07) is 0. The molecule has 76 valence electrons. The summed E-state index contributed by atoms with van der Waals surface area (Å²) in [5, 5.41) is 18.6. The number of carbonyl (C=O) groups excluding carboxylic acids is 1. The minimum atomic E-state index is -1.11. The van der Waals surface area contributed by atoms with E-state index in [9.17, 15) is 15.0 Å². The third-order valence-corrected chi connectivity index (χ3v) is 1.88. The van der Waals surface area contributed by atoms with Gasteiger partial charge in [-0.25, -0.2) is 0 Å². The van der Waals surface area contributed by atoms with Crippen molar-refractivity contribution in [2.45, 2.75) is 24.6 Å². The molecule has 1 aliphatic rings. The molecule has 0 radical (unpaired) electrons. The van der Waals surface area contributed by atoms with Gasteiger partial charge in [-0.15, -0.1) is 0 Å². The van der Waals surface area contributed by atoms with Crippen molar-refractivity contribution in [3.05, 3.63) is 0 Å². The Kier molecular flexibility index (Phi) is 3.61. The molecule has 4 atom stereocenters. The summed E-state index contributed by atoms with van der Waals surface area (Å²) in [6.07, 6.45) is -3.80. The zero-order valence-corrected chi connectivity index (χ0v) is 7.12. The molecule has 2 N–H and O–H groups in total. The van der Waals surface area contributed by atoms with Crippen LogP contribution in [0.25, 0.3) is 0 Å². The maximum atomic E-state index is 9.85. The monoisotopic (exact) mass is 192 g/mol. The largest absolute Gasteiger partial charge is 0.465 e. The van der Waals surface area contributed by atoms with Gasteiger partial charge in [-0.2, -0.15) is 0 Å². The van der Waals surface area contributed by atoms with E-state index in [1.807, 2.05) is 0 Å². The lowest BCUT2D eigenvalue weighted by Gasteiger charge is -2.11. The van der Waals surface area contributed by atoms with Crippen molar-refractivity contribution in [3.8, 4) is 0 Å². The van der Waals surface area contributed by atoms with Gasteiger partial charge >= 0.3 is 0 Å². The molecule has 0 aromatic rings. The third-order valence-electron chi connectivity index (χ3n) is 1.88. The number of rotatable bonds is 4. The van der Waals surface area contributed by atoms with E-state index in [1.54, 1.807) is 0 Å². The highest BCUT2D eigenvalue weighted by Gasteiger charge is 2.43. The third kappa shape index (κ3) is 2.16. The van der Waals surface area contributed by atoms with Crippen LogP contribution < -0.4 is 0 Å². The number of hydrogen-bond donors (Lipinski definition) is 2. The Morgan fingerprint density at radius 1 is 1.46 bits per heavy atom. The Hall–Kier alpha value is -0.690. The lowest BCUT2D eigenvalue weighted by molar-refractivity contribution is -0.159. The Bertz CT molecular complexity index is 172. The molecule has 1 heterocycles. The average molecular weight is 192 g/mol. The predicted octanol–water partition coefficient (Wildman–Crippen LogP) is -1.75. The molecule has 0 saturated carbocycles. The fourth-order valence-electron chi connectivity index (χ4n) is 1.18. The maximum absolute atomic E-state index is 9.85. The number of carbonyl (C=O) groups is 1. The van der Waals surface area contributed by atoms with Gasteiger partial charge in [-0.3, -0.25) is 4.79 Å². The van der Waals surface area contributed by atoms with E-state index in [0.29, 0.717) is 0 Å². The van der Waals surface area contributed by atoms with E-state index in [0.717, 1.165) is 0 Å². The fraction of sp³-hybridized carbons (Fsp3) is 0.857. The molecule has 1 rings (SSSR count). The van der Waals surface area contributed by atoms with Gasteiger partial charge < -0.3 is 24.4 Å². The molecule has 1 aliphatic heterocycles. The van der Waals surface area contributed by atoms with Crippen molar-refractivity contribution < 1.29 is 29.2 Å². The van der Waals surface area contributed by atoms with Crippen LogP contribution in [-0.4, -0.2) is 55.0 Å². The van der Waals surface area contributed by atoms with Gasteiger partial charge in [-0.1, -0.05) is 0 Å². The number of ether oxygens (including phenoxy) is 3. The van der Waals surface area contributed by atoms with E-state index in [2.05, 4.69) is 4.74 Å². The quantitative estimate of drug-likeness (QED) is 0.514. The first kappa shape index (κ1) is 10.4. The van der Waals surface area contributed by atoms with Crippen molar-refractivity contribution in [1.82, 2.24) is 0 Å². The molecule has 1 unspecified atom stereocenters. The van der Waals surface area contributed by atoms with E-state index < -0.39 is 24.6 Å². The minimum Gasteiger partial charge on any atom is -0.465 e. The summed E-state index contributed by atoms with van der Waals surface area (Å²) < 4.78 is 14.2. The van der Waals surface area contributed by atoms with E-state index in [-0.39, 0.29) is 13.1 Å².